The van der Waals surface area contributed by atoms with Crippen molar-refractivity contribution in [1.29, 1.82) is 0 Å². The average molecular weight is 699 g/mol. The molecular weight excluding hydrogens is 656 g/mol. The molecule has 1 saturated heterocycles. The number of nitrogen functional groups attached to an aromatic ring is 1. The molecule has 18 nitrogen and oxygen atoms in total. The second-order valence-electron chi connectivity index (χ2n) is 12.0. The number of aliphatic hydroxyl groups is 3. The van der Waals surface area contributed by atoms with Gasteiger partial charge in [0.05, 0.1) is 30.6 Å². The number of H-pyrrole nitrogens is 1. The second kappa shape index (κ2) is 18.1. The molecule has 0 bridgehead atoms. The number of hydrogen-bond donors (Lipinski definition) is 9. The van der Waals surface area contributed by atoms with Crippen LogP contribution in [0.25, 0.3) is 11.2 Å². The van der Waals surface area contributed by atoms with Gasteiger partial charge in [-0.1, -0.05) is 12.8 Å². The molecule has 10 N–H and O–H groups in total. The highest BCUT2D eigenvalue weighted by Gasteiger charge is 2.35. The average Bonchev–Trinajstić information content (AvgIpc) is 3.08. The standard InChI is InChI=1S/C32H42N8O10/c33-32-39-27-25(29(46)40-32)37-19(15-36-27)14-34-18-9-7-17(8-10-18)28(45)38-22(30(47)48)12-11-20(41)5-3-1-2-4-6-24(43)35-16-21-13-23(42)26(44)31(49)50-21/h7-10,15,21-23,26,31,34,42,44,49H,1-6,11-14,16H2,(H,35,43)(H,38,45)(H,47,48)(H3,33,36,39,40,46)/t21?,22?,23-,26?,31-/m0/s1. The fourth-order valence-corrected chi connectivity index (χ4v) is 5.26. The lowest BCUT2D eigenvalue weighted by molar-refractivity contribution is -0.245. The molecule has 1 aromatic carbocycles. The number of fused-ring (bicyclic) bond motifs is 1. The fourth-order valence-electron chi connectivity index (χ4n) is 5.26. The number of rotatable bonds is 18. The summed E-state index contributed by atoms with van der Waals surface area (Å²) in [6.45, 7) is 0.315. The first-order valence-corrected chi connectivity index (χ1v) is 16.3. The van der Waals surface area contributed by atoms with Gasteiger partial charge in [0.15, 0.2) is 17.5 Å². The van der Waals surface area contributed by atoms with Crippen molar-refractivity contribution in [2.75, 3.05) is 17.6 Å². The molecule has 4 rings (SSSR count). The van der Waals surface area contributed by atoms with Crippen LogP contribution in [0.1, 0.15) is 73.8 Å². The van der Waals surface area contributed by atoms with Gasteiger partial charge < -0.3 is 46.8 Å². The summed E-state index contributed by atoms with van der Waals surface area (Å²) in [5.74, 6) is -2.26. The van der Waals surface area contributed by atoms with Crippen molar-refractivity contribution in [1.82, 2.24) is 30.6 Å². The number of benzene rings is 1. The van der Waals surface area contributed by atoms with E-state index in [-0.39, 0.29) is 79.6 Å². The summed E-state index contributed by atoms with van der Waals surface area (Å²) in [6.07, 6.45) is -0.0678. The SMILES string of the molecule is Nc1nc2ncc(CNc3ccc(C(=O)NC(CCC(=O)CCCCCCC(=O)NCC4C[C@H](O)C(O)[C@@H](O)O4)C(=O)O)cc3)nc2c(=O)[nH]1. The summed E-state index contributed by atoms with van der Waals surface area (Å²) in [5.41, 5.74) is 6.50. The predicted octanol–water partition coefficient (Wildman–Crippen LogP) is -0.274. The fraction of sp³-hybridized carbons (Fsp3) is 0.500. The summed E-state index contributed by atoms with van der Waals surface area (Å²) in [5, 5.41) is 46.6. The molecule has 0 aliphatic carbocycles. The summed E-state index contributed by atoms with van der Waals surface area (Å²) >= 11 is 0. The van der Waals surface area contributed by atoms with E-state index < -0.39 is 48.1 Å². The molecule has 3 heterocycles. The number of amides is 2. The van der Waals surface area contributed by atoms with Crippen LogP contribution < -0.4 is 27.2 Å². The number of anilines is 2. The van der Waals surface area contributed by atoms with E-state index in [1.165, 1.54) is 18.3 Å². The molecule has 0 spiro atoms. The van der Waals surface area contributed by atoms with Gasteiger partial charge in [-0.2, -0.15) is 4.98 Å². The van der Waals surface area contributed by atoms with E-state index in [1.54, 1.807) is 12.1 Å². The number of aliphatic hydroxyl groups excluding tert-OH is 3. The number of ketones is 1. The maximum atomic E-state index is 12.7. The lowest BCUT2D eigenvalue weighted by atomic mass is 10.0. The minimum Gasteiger partial charge on any atom is -0.480 e. The van der Waals surface area contributed by atoms with E-state index in [9.17, 15) is 44.4 Å². The third kappa shape index (κ3) is 11.3. The van der Waals surface area contributed by atoms with Crippen LogP contribution in [0.3, 0.4) is 0 Å². The van der Waals surface area contributed by atoms with Crippen LogP contribution >= 0.6 is 0 Å². The van der Waals surface area contributed by atoms with Gasteiger partial charge in [-0.25, -0.2) is 14.8 Å². The molecule has 2 aromatic heterocycles. The number of nitrogens with two attached hydrogens (primary N) is 1. The van der Waals surface area contributed by atoms with E-state index in [0.717, 1.165) is 0 Å². The van der Waals surface area contributed by atoms with Crippen LogP contribution in [0.15, 0.2) is 35.3 Å². The maximum Gasteiger partial charge on any atom is 0.326 e. The lowest BCUT2D eigenvalue weighted by Crippen LogP contribution is -2.51. The van der Waals surface area contributed by atoms with Crippen LogP contribution in [0, 0.1) is 0 Å². The van der Waals surface area contributed by atoms with Crippen molar-refractivity contribution in [3.8, 4) is 0 Å². The maximum absolute atomic E-state index is 12.7. The number of aromatic nitrogens is 4. The van der Waals surface area contributed by atoms with E-state index in [1.807, 2.05) is 0 Å². The van der Waals surface area contributed by atoms with Crippen LogP contribution in [-0.4, -0.2) is 101 Å². The van der Waals surface area contributed by atoms with Crippen molar-refractivity contribution in [2.24, 2.45) is 0 Å². The van der Waals surface area contributed by atoms with Crippen molar-refractivity contribution in [3.05, 3.63) is 52.1 Å². The Kier molecular flexibility index (Phi) is 13.7. The molecule has 18 heteroatoms. The van der Waals surface area contributed by atoms with E-state index in [2.05, 4.69) is 35.9 Å². The molecule has 1 aliphatic heterocycles. The zero-order valence-electron chi connectivity index (χ0n) is 27.2. The van der Waals surface area contributed by atoms with Crippen LogP contribution in [-0.2, 0) is 25.7 Å². The summed E-state index contributed by atoms with van der Waals surface area (Å²) in [4.78, 5) is 75.7. The van der Waals surface area contributed by atoms with Crippen LogP contribution in [0.2, 0.25) is 0 Å². The molecule has 5 atom stereocenters. The van der Waals surface area contributed by atoms with Gasteiger partial charge in [0.25, 0.3) is 11.5 Å². The first-order chi connectivity index (χ1) is 23.9. The largest absolute Gasteiger partial charge is 0.480 e. The molecule has 0 saturated carbocycles. The van der Waals surface area contributed by atoms with Crippen molar-refractivity contribution < 1.29 is 44.3 Å². The predicted molar refractivity (Wildman–Crippen MR) is 177 cm³/mol. The molecule has 50 heavy (non-hydrogen) atoms. The second-order valence-corrected chi connectivity index (χ2v) is 12.0. The van der Waals surface area contributed by atoms with Crippen molar-refractivity contribution >= 4 is 46.4 Å². The number of carboxylic acid groups (broad SMARTS) is 1. The van der Waals surface area contributed by atoms with Crippen molar-refractivity contribution in [2.45, 2.75) is 95.0 Å². The number of unbranched alkanes of at least 4 members (excludes halogenated alkanes) is 3. The van der Waals surface area contributed by atoms with Crippen LogP contribution in [0.5, 0.6) is 0 Å². The quantitative estimate of drug-likeness (QED) is 0.0773. The minimum absolute atomic E-state index is 0.0147. The molecular formula is C32H42N8O10. The topological polar surface area (TPSA) is 292 Å². The number of carboxylic acids is 1. The molecule has 3 aromatic rings. The third-order valence-corrected chi connectivity index (χ3v) is 8.08. The number of Topliss-reactive ketones (excluding diaryl/α,β-unsaturated/α-hetero) is 1. The Morgan fingerprint density at radius 2 is 1.72 bits per heavy atom. The molecule has 270 valence electrons. The number of ether oxygens (including phenoxy) is 1. The summed E-state index contributed by atoms with van der Waals surface area (Å²) in [7, 11) is 0. The zero-order chi connectivity index (χ0) is 36.2. The molecule has 0 radical (unpaired) electrons. The van der Waals surface area contributed by atoms with E-state index in [4.69, 9.17) is 10.5 Å². The molecule has 3 unspecified atom stereocenters. The van der Waals surface area contributed by atoms with Gasteiger partial charge in [-0.05, 0) is 43.5 Å². The van der Waals surface area contributed by atoms with Gasteiger partial charge in [0, 0.05) is 43.5 Å². The molecule has 2 amide bonds. The Balaban J connectivity index is 1.10. The minimum atomic E-state index is -1.51. The third-order valence-electron chi connectivity index (χ3n) is 8.08. The number of hydrogen-bond acceptors (Lipinski definition) is 14. The Morgan fingerprint density at radius 1 is 1.00 bits per heavy atom. The summed E-state index contributed by atoms with van der Waals surface area (Å²) in [6, 6.07) is 5.03. The molecule has 1 fully saturated rings. The number of nitrogens with one attached hydrogen (secondary N) is 4. The highest BCUT2D eigenvalue weighted by atomic mass is 16.6. The normalized spacial score (nSPS) is 19.4. The first kappa shape index (κ1) is 37.8. The Bertz CT molecular complexity index is 1690. The van der Waals surface area contributed by atoms with Gasteiger partial charge in [-0.15, -0.1) is 0 Å². The number of nitrogens with zero attached hydrogens (tertiary/aromatic N) is 3. The van der Waals surface area contributed by atoms with Gasteiger partial charge in [0.1, 0.15) is 17.9 Å². The van der Waals surface area contributed by atoms with Crippen LogP contribution in [0.4, 0.5) is 11.6 Å². The Hall–Kier alpha value is -5.04. The highest BCUT2D eigenvalue weighted by molar-refractivity contribution is 5.97. The Morgan fingerprint density at radius 3 is 2.42 bits per heavy atom. The molecule has 1 aliphatic rings. The van der Waals surface area contributed by atoms with E-state index in [0.29, 0.717) is 37.1 Å². The van der Waals surface area contributed by atoms with Gasteiger partial charge >= 0.3 is 5.97 Å². The highest BCUT2D eigenvalue weighted by Crippen LogP contribution is 2.19. The zero-order valence-corrected chi connectivity index (χ0v) is 27.2. The number of aromatic amines is 1. The monoisotopic (exact) mass is 698 g/mol. The lowest BCUT2D eigenvalue weighted by Gasteiger charge is -2.34. The number of carbonyl (C=O) groups excluding carboxylic acids is 3. The number of carbonyl (C=O) groups is 4. The Labute approximate surface area is 285 Å². The van der Waals surface area contributed by atoms with E-state index >= 15 is 0 Å². The smallest absolute Gasteiger partial charge is 0.326 e. The first-order valence-electron chi connectivity index (χ1n) is 16.3. The van der Waals surface area contributed by atoms with Gasteiger partial charge in [-0.3, -0.25) is 24.2 Å². The summed E-state index contributed by atoms with van der Waals surface area (Å²) < 4.78 is 5.15. The van der Waals surface area contributed by atoms with Gasteiger partial charge in [0.2, 0.25) is 11.9 Å². The van der Waals surface area contributed by atoms with Crippen molar-refractivity contribution in [3.63, 3.8) is 0 Å². The number of aliphatic carboxylic acids is 1.